The van der Waals surface area contributed by atoms with Crippen molar-refractivity contribution in [3.63, 3.8) is 0 Å². The molecule has 6 atom stereocenters. The Morgan fingerprint density at radius 1 is 0.889 bits per heavy atom. The van der Waals surface area contributed by atoms with Gasteiger partial charge in [0, 0.05) is 84.8 Å². The molecule has 7 aromatic rings. The van der Waals surface area contributed by atoms with Crippen LogP contribution in [0.3, 0.4) is 0 Å². The topological polar surface area (TPSA) is 207 Å². The number of carbonyl (C=O) groups excluding carboxylic acids is 1. The number of phenolic OH excluding ortho intramolecular Hbond substituents is 1. The van der Waals surface area contributed by atoms with Crippen LogP contribution < -0.4 is 20.0 Å². The Morgan fingerprint density at radius 3 is 2.32 bits per heavy atom. The summed E-state index contributed by atoms with van der Waals surface area (Å²) in [6, 6.07) is 23.8. The number of nitrogens with one attached hydrogen (secondary N) is 2. The van der Waals surface area contributed by atoms with Crippen molar-refractivity contribution in [2.45, 2.75) is 132 Å². The number of nitrogens with zero attached hydrogens (tertiary/aromatic N) is 10. The first kappa shape index (κ1) is 51.9. The minimum Gasteiger partial charge on any atom is -0.507 e. The summed E-state index contributed by atoms with van der Waals surface area (Å²) in [7, 11) is 0. The SMILES string of the molecule is CC(C)[C@@H](C(=O)N1C[C@H](O)C[C@H]1C1=N[C@](C)(c2ccc(-c3ccccc3F)cc2)ON1)c1onc(OC2CC3(C2)CC(N2CCC(c4cnc(N5C6CCC5CN(c5c[nH]c7nnc(-c8ccccc8O)cc57)C6)nc4)CC2)C3)c1Cl. The highest BCUT2D eigenvalue weighted by Gasteiger charge is 2.56. The number of hydroxylamine groups is 1. The number of aromatic hydroxyl groups is 1. The number of halogens is 2. The fraction of sp³-hybridized carbons (Fsp3) is 0.459. The van der Waals surface area contributed by atoms with E-state index >= 15 is 0 Å². The number of piperidine rings is 1. The predicted octanol–water partition coefficient (Wildman–Crippen LogP) is 9.50. The first-order valence-electron chi connectivity index (χ1n) is 28.7. The molecule has 18 nitrogen and oxygen atoms in total. The summed E-state index contributed by atoms with van der Waals surface area (Å²) >= 11 is 7.00. The predicted molar refractivity (Wildman–Crippen MR) is 303 cm³/mol. The quantitative estimate of drug-likeness (QED) is 0.0848. The van der Waals surface area contributed by atoms with E-state index in [1.54, 1.807) is 35.2 Å². The number of rotatable bonds is 13. The van der Waals surface area contributed by atoms with Crippen LogP contribution >= 0.6 is 11.6 Å². The number of phenols is 1. The van der Waals surface area contributed by atoms with Crippen LogP contribution in [0.5, 0.6) is 11.6 Å². The molecule has 9 heterocycles. The highest BCUT2D eigenvalue weighted by atomic mass is 35.5. The molecule has 2 unspecified atom stereocenters. The fourth-order valence-corrected chi connectivity index (χ4v) is 14.7. The van der Waals surface area contributed by atoms with Gasteiger partial charge in [0.15, 0.2) is 11.4 Å². The molecule has 20 heteroatoms. The molecule has 1 amide bonds. The number of aromatic nitrogens is 6. The normalized spacial score (nSPS) is 27.9. The average molecular weight is 1120 g/mol. The van der Waals surface area contributed by atoms with Gasteiger partial charge in [-0.1, -0.05) is 80.0 Å². The van der Waals surface area contributed by atoms with Gasteiger partial charge in [-0.15, -0.1) is 10.2 Å². The van der Waals surface area contributed by atoms with E-state index in [9.17, 15) is 19.4 Å². The third-order valence-corrected chi connectivity index (χ3v) is 19.1. The second-order valence-electron chi connectivity index (χ2n) is 24.2. The molecule has 2 bridgehead atoms. The largest absolute Gasteiger partial charge is 0.507 e. The van der Waals surface area contributed by atoms with E-state index in [2.05, 4.69) is 52.9 Å². The number of aliphatic hydroxyl groups is 1. The highest BCUT2D eigenvalue weighted by Crippen LogP contribution is 2.59. The first-order chi connectivity index (χ1) is 39.3. The number of H-pyrrole nitrogens is 1. The molecule has 4 saturated heterocycles. The molecular formula is C61H66ClFN12O6. The average Bonchev–Trinajstić information content (AvgIpc) is 4.34. The third kappa shape index (κ3) is 9.33. The summed E-state index contributed by atoms with van der Waals surface area (Å²) in [6.07, 6.45) is 14.1. The molecule has 14 rings (SSSR count). The minimum atomic E-state index is -1.13. The Labute approximate surface area is 473 Å². The lowest BCUT2D eigenvalue weighted by Gasteiger charge is -2.60. The Bertz CT molecular complexity index is 3510. The molecule has 420 valence electrons. The minimum absolute atomic E-state index is 0.0441. The van der Waals surface area contributed by atoms with Crippen LogP contribution in [0.15, 0.2) is 107 Å². The Hall–Kier alpha value is -7.19. The van der Waals surface area contributed by atoms with Crippen molar-refractivity contribution in [2.75, 3.05) is 42.5 Å². The maximum atomic E-state index is 14.6. The maximum absolute atomic E-state index is 14.6. The standard InChI is InChI=1S/C61H66ClFN12O6/c1-34(2)52(58(78)74-33-42(76)22-49(74)56-67-60(3,81-70-56)38-14-12-36(13-15-38)44-8-4-6-10-47(44)63)54-53(62)57(71-80-54)79-43-26-61(27-43)24-41(25-61)72-20-18-35(19-21-72)37-28-65-59(66-29-37)75-39-16-17-40(75)32-73(31-39)50-30-64-55-46(50)23-48(68-69-55)45-9-5-7-11-51(45)77/h4-15,23,28-30,34-35,39-43,49,52,76-77H,16-22,24-27,31-33H2,1-3H3,(H,64,69)(H,67,70)/t39?,40?,41?,42-,43?,49+,52-,60+,61?/m1/s1. The third-order valence-electron chi connectivity index (χ3n) is 18.8. The van der Waals surface area contributed by atoms with Gasteiger partial charge in [-0.25, -0.2) is 29.7 Å². The van der Waals surface area contributed by atoms with Crippen molar-refractivity contribution in [3.05, 3.63) is 125 Å². The molecule has 3 aromatic carbocycles. The Kier molecular flexibility index (Phi) is 13.0. The van der Waals surface area contributed by atoms with Gasteiger partial charge in [-0.05, 0) is 129 Å². The Balaban J connectivity index is 0.553. The zero-order valence-corrected chi connectivity index (χ0v) is 46.3. The van der Waals surface area contributed by atoms with Crippen molar-refractivity contribution in [2.24, 2.45) is 16.3 Å². The number of hydrogen-bond acceptors (Lipinski definition) is 16. The number of benzene rings is 3. The lowest BCUT2D eigenvalue weighted by Crippen LogP contribution is -2.59. The van der Waals surface area contributed by atoms with Crippen molar-refractivity contribution in [1.29, 1.82) is 0 Å². The number of aliphatic imine (C=N–C) groups is 1. The van der Waals surface area contributed by atoms with Gasteiger partial charge in [0.2, 0.25) is 17.6 Å². The lowest BCUT2D eigenvalue weighted by atomic mass is 9.52. The number of β-amino-alcohol motifs (C(OH)–C–C–N with tert-alkyl or cyclic N) is 1. The van der Waals surface area contributed by atoms with Crippen LogP contribution in [0, 0.1) is 17.2 Å². The number of likely N-dealkylation sites (tertiary alicyclic amines) is 2. The molecule has 2 aliphatic carbocycles. The number of amidine groups is 1. The number of ether oxygens (including phenoxy) is 1. The number of aromatic amines is 1. The molecule has 4 aromatic heterocycles. The van der Waals surface area contributed by atoms with Gasteiger partial charge in [0.25, 0.3) is 5.88 Å². The summed E-state index contributed by atoms with van der Waals surface area (Å²) < 4.78 is 26.8. The zero-order chi connectivity index (χ0) is 55.3. The van der Waals surface area contributed by atoms with Crippen molar-refractivity contribution in [1.82, 2.24) is 45.6 Å². The maximum Gasteiger partial charge on any atom is 0.273 e. The number of carbonyl (C=O) groups is 1. The zero-order valence-electron chi connectivity index (χ0n) is 45.6. The van der Waals surface area contributed by atoms with Crippen LogP contribution in [0.25, 0.3) is 33.4 Å². The summed E-state index contributed by atoms with van der Waals surface area (Å²) in [4.78, 5) is 48.1. The summed E-state index contributed by atoms with van der Waals surface area (Å²) in [5, 5.41) is 35.8. The smallest absolute Gasteiger partial charge is 0.273 e. The summed E-state index contributed by atoms with van der Waals surface area (Å²) in [6.45, 7) is 9.62. The molecule has 6 fully saturated rings. The van der Waals surface area contributed by atoms with Crippen LogP contribution in [-0.4, -0.2) is 131 Å². The van der Waals surface area contributed by atoms with Crippen LogP contribution in [0.2, 0.25) is 5.02 Å². The van der Waals surface area contributed by atoms with E-state index < -0.39 is 23.8 Å². The van der Waals surface area contributed by atoms with Gasteiger partial charge >= 0.3 is 0 Å². The van der Waals surface area contributed by atoms with Gasteiger partial charge < -0.3 is 44.1 Å². The number of anilines is 2. The number of fused-ring (bicyclic) bond motifs is 3. The van der Waals surface area contributed by atoms with Gasteiger partial charge in [0.05, 0.1) is 23.5 Å². The van der Waals surface area contributed by atoms with Crippen molar-refractivity contribution in [3.8, 4) is 34.0 Å². The number of piperazine rings is 1. The molecule has 81 heavy (non-hydrogen) atoms. The lowest BCUT2D eigenvalue weighted by molar-refractivity contribution is -0.134. The van der Waals surface area contributed by atoms with Gasteiger partial charge in [0.1, 0.15) is 34.4 Å². The van der Waals surface area contributed by atoms with Crippen molar-refractivity contribution >= 4 is 46.0 Å². The summed E-state index contributed by atoms with van der Waals surface area (Å²) in [5.41, 5.74) is 8.42. The number of amides is 1. The van der Waals surface area contributed by atoms with Gasteiger partial charge in [-0.2, -0.15) is 0 Å². The second kappa shape index (κ2) is 20.4. The van der Waals surface area contributed by atoms with E-state index in [0.29, 0.717) is 46.7 Å². The number of hydrogen-bond donors (Lipinski definition) is 4. The first-order valence-corrected chi connectivity index (χ1v) is 29.1. The van der Waals surface area contributed by atoms with Crippen molar-refractivity contribution < 1.29 is 33.5 Å². The number of para-hydroxylation sites is 1. The van der Waals surface area contributed by atoms with E-state index in [4.69, 9.17) is 40.7 Å². The van der Waals surface area contributed by atoms with Crippen LogP contribution in [-0.2, 0) is 15.4 Å². The van der Waals surface area contributed by atoms with E-state index in [1.165, 1.54) is 11.6 Å². The molecule has 1 spiro atoms. The van der Waals surface area contributed by atoms with E-state index in [-0.39, 0.29) is 64.5 Å². The second-order valence-corrected chi connectivity index (χ2v) is 24.6. The molecular weight excluding hydrogens is 1050 g/mol. The fourth-order valence-electron chi connectivity index (χ4n) is 14.5. The van der Waals surface area contributed by atoms with Gasteiger partial charge in [-0.3, -0.25) is 4.79 Å². The summed E-state index contributed by atoms with van der Waals surface area (Å²) in [5.74, 6) is 0.734. The van der Waals surface area contributed by atoms with Crippen LogP contribution in [0.4, 0.5) is 16.0 Å². The number of aliphatic hydroxyl groups excluding tert-OH is 1. The molecule has 2 saturated carbocycles. The van der Waals surface area contributed by atoms with E-state index in [1.807, 2.05) is 69.4 Å². The van der Waals surface area contributed by atoms with Crippen LogP contribution in [0.1, 0.15) is 107 Å². The molecule has 7 aliphatic rings. The molecule has 0 radical (unpaired) electrons. The highest BCUT2D eigenvalue weighted by molar-refractivity contribution is 6.32. The Morgan fingerprint density at radius 2 is 1.60 bits per heavy atom. The molecule has 5 aliphatic heterocycles. The monoisotopic (exact) mass is 1120 g/mol. The molecule has 4 N–H and O–H groups in total. The van der Waals surface area contributed by atoms with E-state index in [0.717, 1.165) is 111 Å².